The molecule has 1 aromatic heterocycles. The van der Waals surface area contributed by atoms with Crippen LogP contribution in [0.25, 0.3) is 11.1 Å². The highest BCUT2D eigenvalue weighted by atomic mass is 35.5. The van der Waals surface area contributed by atoms with Gasteiger partial charge in [-0.15, -0.1) is 0 Å². The van der Waals surface area contributed by atoms with Crippen LogP contribution >= 0.6 is 11.6 Å². The number of hydrogen-bond donors (Lipinski definition) is 1. The molecule has 3 rings (SSSR count). The van der Waals surface area contributed by atoms with Gasteiger partial charge in [-0.3, -0.25) is 4.79 Å². The number of aryl methyl sites for hydroxylation is 2. The quantitative estimate of drug-likeness (QED) is 0.557. The Morgan fingerprint density at radius 3 is 2.37 bits per heavy atom. The Labute approximate surface area is 174 Å². The van der Waals surface area contributed by atoms with Crippen molar-refractivity contribution in [3.05, 3.63) is 80.5 Å². The molecule has 30 heavy (non-hydrogen) atoms. The Kier molecular flexibility index (Phi) is 5.90. The number of nitrogens with zero attached hydrogens (tertiary/aromatic N) is 2. The topological polar surface area (TPSA) is 55.1 Å². The summed E-state index contributed by atoms with van der Waals surface area (Å²) in [6.07, 6.45) is -5.94. The maximum Gasteiger partial charge on any atom is 0.390 e. The first kappa shape index (κ1) is 21.8. The average Bonchev–Trinajstić information content (AvgIpc) is 2.68. The zero-order valence-electron chi connectivity index (χ0n) is 16.0. The molecule has 1 N–H and O–H groups in total. The van der Waals surface area contributed by atoms with Crippen molar-refractivity contribution in [1.82, 2.24) is 9.78 Å². The lowest BCUT2D eigenvalue weighted by Crippen LogP contribution is -2.24. The number of benzene rings is 2. The molecule has 0 aliphatic rings. The third kappa shape index (κ3) is 4.18. The van der Waals surface area contributed by atoms with Gasteiger partial charge in [0.25, 0.3) is 5.56 Å². The lowest BCUT2D eigenvalue weighted by Gasteiger charge is -2.24. The molecular weight excluding hydrogens is 424 g/mol. The fourth-order valence-electron chi connectivity index (χ4n) is 3.45. The van der Waals surface area contributed by atoms with Crippen LogP contribution in [0.2, 0.25) is 5.02 Å². The van der Waals surface area contributed by atoms with Gasteiger partial charge in [-0.2, -0.15) is 18.3 Å². The molecule has 2 aromatic carbocycles. The van der Waals surface area contributed by atoms with Crippen LogP contribution in [0.15, 0.2) is 47.3 Å². The van der Waals surface area contributed by atoms with Crippen LogP contribution in [0.1, 0.15) is 29.2 Å². The Balaban J connectivity index is 2.42. The first-order chi connectivity index (χ1) is 14.0. The summed E-state index contributed by atoms with van der Waals surface area (Å²) in [5.41, 5.74) is -1.78. The predicted molar refractivity (Wildman–Crippen MR) is 105 cm³/mol. The summed E-state index contributed by atoms with van der Waals surface area (Å²) in [7, 11) is 1.30. The number of hydrogen-bond acceptors (Lipinski definition) is 3. The minimum Gasteiger partial charge on any atom is -0.505 e. The molecule has 1 atom stereocenters. The summed E-state index contributed by atoms with van der Waals surface area (Å²) in [5, 5.41) is 14.1. The fourth-order valence-corrected chi connectivity index (χ4v) is 3.74. The number of aromatic hydroxyl groups is 1. The highest BCUT2D eigenvalue weighted by molar-refractivity contribution is 6.32. The third-order valence-corrected chi connectivity index (χ3v) is 5.09. The van der Waals surface area contributed by atoms with Crippen LogP contribution in [0.3, 0.4) is 0 Å². The van der Waals surface area contributed by atoms with Crippen LogP contribution in [0, 0.1) is 12.7 Å². The number of rotatable bonds is 4. The van der Waals surface area contributed by atoms with Crippen LogP contribution in [-0.2, 0) is 7.05 Å². The molecule has 0 bridgehead atoms. The minimum absolute atomic E-state index is 0.0181. The summed E-state index contributed by atoms with van der Waals surface area (Å²) in [6.45, 7) is 1.39. The maximum atomic E-state index is 15.0. The highest BCUT2D eigenvalue weighted by Gasteiger charge is 2.37. The van der Waals surface area contributed by atoms with Crippen molar-refractivity contribution in [2.24, 2.45) is 7.05 Å². The number of alkyl halides is 3. The molecule has 0 aliphatic heterocycles. The van der Waals surface area contributed by atoms with Gasteiger partial charge < -0.3 is 5.11 Å². The van der Waals surface area contributed by atoms with Gasteiger partial charge in [0.1, 0.15) is 11.5 Å². The van der Waals surface area contributed by atoms with E-state index in [1.54, 1.807) is 18.2 Å². The van der Waals surface area contributed by atoms with Crippen molar-refractivity contribution in [2.75, 3.05) is 0 Å². The van der Waals surface area contributed by atoms with E-state index in [4.69, 9.17) is 11.6 Å². The molecule has 9 heteroatoms. The predicted octanol–water partition coefficient (Wildman–Crippen LogP) is 5.34. The first-order valence-corrected chi connectivity index (χ1v) is 9.26. The molecule has 0 radical (unpaired) electrons. The Morgan fingerprint density at radius 1 is 1.13 bits per heavy atom. The second-order valence-corrected chi connectivity index (χ2v) is 7.25. The van der Waals surface area contributed by atoms with Crippen molar-refractivity contribution >= 4 is 11.6 Å². The van der Waals surface area contributed by atoms with Gasteiger partial charge >= 0.3 is 6.18 Å². The van der Waals surface area contributed by atoms with Crippen molar-refractivity contribution in [1.29, 1.82) is 0 Å². The number of halogens is 5. The second-order valence-electron chi connectivity index (χ2n) is 6.84. The number of aromatic nitrogens is 2. The Bertz CT molecular complexity index is 1140. The molecule has 4 nitrogen and oxygen atoms in total. The molecule has 0 fully saturated rings. The summed E-state index contributed by atoms with van der Waals surface area (Å²) in [5.74, 6) is -2.99. The summed E-state index contributed by atoms with van der Waals surface area (Å²) in [6, 6.07) is 9.77. The van der Waals surface area contributed by atoms with Crippen LogP contribution < -0.4 is 5.56 Å². The molecule has 0 saturated heterocycles. The summed E-state index contributed by atoms with van der Waals surface area (Å²) in [4.78, 5) is 12.7. The van der Waals surface area contributed by atoms with Crippen molar-refractivity contribution in [2.45, 2.75) is 25.4 Å². The van der Waals surface area contributed by atoms with Gasteiger partial charge in [0.05, 0.1) is 12.0 Å². The molecular formula is C21H17ClF4N2O2. The van der Waals surface area contributed by atoms with Crippen molar-refractivity contribution in [3.8, 4) is 16.9 Å². The van der Waals surface area contributed by atoms with Crippen LogP contribution in [0.4, 0.5) is 17.6 Å². The van der Waals surface area contributed by atoms with Gasteiger partial charge in [0.15, 0.2) is 5.75 Å². The zero-order chi connectivity index (χ0) is 22.2. The van der Waals surface area contributed by atoms with E-state index in [9.17, 15) is 23.1 Å². The molecule has 0 spiro atoms. The lowest BCUT2D eigenvalue weighted by molar-refractivity contribution is -0.136. The fraction of sp³-hybridized carbons (Fsp3) is 0.238. The van der Waals surface area contributed by atoms with E-state index >= 15 is 4.39 Å². The smallest absolute Gasteiger partial charge is 0.390 e. The van der Waals surface area contributed by atoms with E-state index in [1.807, 2.05) is 0 Å². The van der Waals surface area contributed by atoms with Crippen molar-refractivity contribution < 1.29 is 22.7 Å². The SMILES string of the molecule is Cc1nn(C)c(=O)c(-c2c(F)ccc(Cl)c2C(CC(F)(F)F)c2ccccc2)c1O. The second kappa shape index (κ2) is 8.10. The van der Waals surface area contributed by atoms with E-state index in [-0.39, 0.29) is 21.8 Å². The largest absolute Gasteiger partial charge is 0.505 e. The van der Waals surface area contributed by atoms with Crippen LogP contribution in [-0.4, -0.2) is 21.1 Å². The molecule has 0 saturated carbocycles. The van der Waals surface area contributed by atoms with E-state index in [2.05, 4.69) is 5.10 Å². The van der Waals surface area contributed by atoms with Gasteiger partial charge in [-0.05, 0) is 30.2 Å². The molecule has 1 heterocycles. The molecule has 0 aliphatic carbocycles. The minimum atomic E-state index is -4.60. The highest BCUT2D eigenvalue weighted by Crippen LogP contribution is 2.45. The van der Waals surface area contributed by atoms with Gasteiger partial charge in [0.2, 0.25) is 0 Å². The van der Waals surface area contributed by atoms with Gasteiger partial charge in [-0.1, -0.05) is 41.9 Å². The normalized spacial score (nSPS) is 12.8. The maximum absolute atomic E-state index is 15.0. The first-order valence-electron chi connectivity index (χ1n) is 8.88. The van der Waals surface area contributed by atoms with E-state index in [0.29, 0.717) is 0 Å². The molecule has 158 valence electrons. The van der Waals surface area contributed by atoms with Crippen molar-refractivity contribution in [3.63, 3.8) is 0 Å². The average molecular weight is 441 g/mol. The van der Waals surface area contributed by atoms with E-state index < -0.39 is 46.8 Å². The lowest BCUT2D eigenvalue weighted by atomic mass is 9.83. The molecule has 3 aromatic rings. The Morgan fingerprint density at radius 2 is 1.77 bits per heavy atom. The monoisotopic (exact) mass is 440 g/mol. The van der Waals surface area contributed by atoms with E-state index in [0.717, 1.165) is 16.8 Å². The van der Waals surface area contributed by atoms with Gasteiger partial charge in [0, 0.05) is 23.6 Å². The van der Waals surface area contributed by atoms with Gasteiger partial charge in [-0.25, -0.2) is 9.07 Å². The Hall–Kier alpha value is -2.87. The molecule has 1 unspecified atom stereocenters. The standard InChI is InChI=1S/C21H17ClF4N2O2/c1-11-19(29)18(20(30)28(2)27-11)17-15(23)9-8-14(22)16(17)13(10-21(24,25)26)12-6-4-3-5-7-12/h3-9,13,29H,10H2,1-2H3. The third-order valence-electron chi connectivity index (χ3n) is 4.76. The van der Waals surface area contributed by atoms with Crippen LogP contribution in [0.5, 0.6) is 5.75 Å². The van der Waals surface area contributed by atoms with E-state index in [1.165, 1.54) is 26.1 Å². The summed E-state index contributed by atoms with van der Waals surface area (Å²) < 4.78 is 56.3. The molecule has 0 amide bonds. The summed E-state index contributed by atoms with van der Waals surface area (Å²) >= 11 is 6.27. The zero-order valence-corrected chi connectivity index (χ0v) is 16.7.